The number of ether oxygens (including phenoxy) is 1. The Morgan fingerprint density at radius 1 is 1.23 bits per heavy atom. The summed E-state index contributed by atoms with van der Waals surface area (Å²) in [7, 11) is 1.84. The molecule has 1 spiro atoms. The van der Waals surface area contributed by atoms with Gasteiger partial charge in [0.05, 0.1) is 18.5 Å². The summed E-state index contributed by atoms with van der Waals surface area (Å²) >= 11 is 0. The maximum absolute atomic E-state index is 12.8. The molecule has 0 N–H and O–H groups in total. The lowest BCUT2D eigenvalue weighted by Crippen LogP contribution is -2.46. The molecule has 3 heterocycles. The quantitative estimate of drug-likeness (QED) is 0.480. The van der Waals surface area contributed by atoms with E-state index in [1.807, 2.05) is 19.3 Å². The van der Waals surface area contributed by atoms with Gasteiger partial charge in [-0.05, 0) is 55.9 Å². The molecule has 5 rings (SSSR count). The van der Waals surface area contributed by atoms with Gasteiger partial charge in [-0.25, -0.2) is 4.79 Å². The van der Waals surface area contributed by atoms with Crippen molar-refractivity contribution in [1.82, 2.24) is 14.3 Å². The highest BCUT2D eigenvalue weighted by atomic mass is 16.5. The Bertz CT molecular complexity index is 1280. The molecule has 1 aromatic carbocycles. The van der Waals surface area contributed by atoms with Crippen LogP contribution in [0.5, 0.6) is 0 Å². The third-order valence-electron chi connectivity index (χ3n) is 6.56. The summed E-state index contributed by atoms with van der Waals surface area (Å²) in [5, 5.41) is 4.24. The van der Waals surface area contributed by atoms with Gasteiger partial charge in [0.1, 0.15) is 5.56 Å². The lowest BCUT2D eigenvalue weighted by Gasteiger charge is -2.49. The second kappa shape index (κ2) is 7.04. The number of aldehydes is 1. The number of hydrogen-bond donors (Lipinski definition) is 0. The van der Waals surface area contributed by atoms with Crippen LogP contribution in [0, 0.1) is 0 Å². The first-order valence-corrected chi connectivity index (χ1v) is 10.5. The van der Waals surface area contributed by atoms with Crippen LogP contribution in [-0.2, 0) is 23.7 Å². The van der Waals surface area contributed by atoms with E-state index in [-0.39, 0.29) is 23.1 Å². The molecule has 2 aliphatic rings. The Morgan fingerprint density at radius 2 is 2.03 bits per heavy atom. The molecule has 1 saturated carbocycles. The van der Waals surface area contributed by atoms with Crippen molar-refractivity contribution in [3.63, 3.8) is 0 Å². The summed E-state index contributed by atoms with van der Waals surface area (Å²) in [5.74, 6) is -0.594. The number of benzene rings is 1. The number of aromatic nitrogens is 3. The highest BCUT2D eigenvalue weighted by molar-refractivity contribution is 5.92. The zero-order valence-electron chi connectivity index (χ0n) is 17.6. The molecular weight excluding hydrogens is 394 g/mol. The minimum absolute atomic E-state index is 0.0583. The topological polar surface area (TPSA) is 83.2 Å². The van der Waals surface area contributed by atoms with Gasteiger partial charge in [0.25, 0.3) is 0 Å². The summed E-state index contributed by atoms with van der Waals surface area (Å²) in [6, 6.07) is 5.43. The molecule has 0 amide bonds. The predicted octanol–water partition coefficient (Wildman–Crippen LogP) is 3.34. The highest BCUT2D eigenvalue weighted by Gasteiger charge is 2.43. The van der Waals surface area contributed by atoms with Crippen LogP contribution in [0.2, 0.25) is 0 Å². The van der Waals surface area contributed by atoms with Crippen molar-refractivity contribution in [1.29, 1.82) is 0 Å². The lowest BCUT2D eigenvalue weighted by molar-refractivity contribution is 0.0521. The van der Waals surface area contributed by atoms with Gasteiger partial charge in [0.2, 0.25) is 0 Å². The lowest BCUT2D eigenvalue weighted by atomic mass is 9.69. The molecule has 0 atom stereocenters. The molecule has 7 nitrogen and oxygen atoms in total. The molecule has 7 heteroatoms. The van der Waals surface area contributed by atoms with Gasteiger partial charge in [0.15, 0.2) is 11.7 Å². The summed E-state index contributed by atoms with van der Waals surface area (Å²) < 4.78 is 8.87. The third kappa shape index (κ3) is 2.95. The molecule has 0 unspecified atom stereocenters. The first-order chi connectivity index (χ1) is 15.0. The predicted molar refractivity (Wildman–Crippen MR) is 115 cm³/mol. The van der Waals surface area contributed by atoms with E-state index in [0.717, 1.165) is 59.9 Å². The molecule has 1 aliphatic carbocycles. The Kier molecular flexibility index (Phi) is 4.43. The molecule has 0 radical (unpaired) electrons. The first-order valence-electron chi connectivity index (χ1n) is 10.5. The molecule has 0 bridgehead atoms. The van der Waals surface area contributed by atoms with Gasteiger partial charge in [-0.2, -0.15) is 5.10 Å². The molecule has 0 saturated heterocycles. The van der Waals surface area contributed by atoms with E-state index >= 15 is 0 Å². The van der Waals surface area contributed by atoms with Crippen LogP contribution >= 0.6 is 0 Å². The SMILES string of the molecule is CCOC(=O)c1cn2c(cc1=O)-c1cc(C=O)c(-c3cnn(C)c3)cc1CC21CCC1. The van der Waals surface area contributed by atoms with Crippen LogP contribution in [0.25, 0.3) is 22.4 Å². The van der Waals surface area contributed by atoms with Crippen molar-refractivity contribution in [2.24, 2.45) is 7.05 Å². The average molecular weight is 417 g/mol. The number of esters is 1. The maximum Gasteiger partial charge on any atom is 0.343 e. The second-order valence-electron chi connectivity index (χ2n) is 8.40. The van der Waals surface area contributed by atoms with Gasteiger partial charge in [0, 0.05) is 47.7 Å². The number of nitrogens with zero attached hydrogens (tertiary/aromatic N) is 3. The molecule has 3 aromatic rings. The van der Waals surface area contributed by atoms with Crippen molar-refractivity contribution in [2.75, 3.05) is 6.61 Å². The summed E-state index contributed by atoms with van der Waals surface area (Å²) in [4.78, 5) is 37.0. The van der Waals surface area contributed by atoms with Crippen molar-refractivity contribution in [3.8, 4) is 22.4 Å². The first kappa shape index (κ1) is 19.5. The van der Waals surface area contributed by atoms with E-state index in [1.54, 1.807) is 24.0 Å². The third-order valence-corrected chi connectivity index (χ3v) is 6.56. The van der Waals surface area contributed by atoms with Crippen LogP contribution in [-0.4, -0.2) is 33.2 Å². The summed E-state index contributed by atoms with van der Waals surface area (Å²) in [5.41, 5.74) is 4.52. The van der Waals surface area contributed by atoms with Crippen molar-refractivity contribution in [3.05, 3.63) is 63.7 Å². The van der Waals surface area contributed by atoms with Gasteiger partial charge < -0.3 is 9.30 Å². The van der Waals surface area contributed by atoms with E-state index in [4.69, 9.17) is 4.74 Å². The number of fused-ring (bicyclic) bond motifs is 4. The minimum atomic E-state index is -0.594. The normalized spacial score (nSPS) is 15.7. The monoisotopic (exact) mass is 417 g/mol. The number of aryl methyl sites for hydroxylation is 1. The fourth-order valence-corrected chi connectivity index (χ4v) is 4.89. The second-order valence-corrected chi connectivity index (χ2v) is 8.40. The van der Waals surface area contributed by atoms with Crippen molar-refractivity contribution >= 4 is 12.3 Å². The number of rotatable bonds is 4. The largest absolute Gasteiger partial charge is 0.462 e. The zero-order chi connectivity index (χ0) is 21.8. The minimum Gasteiger partial charge on any atom is -0.462 e. The van der Waals surface area contributed by atoms with E-state index in [1.165, 1.54) is 6.07 Å². The Labute approximate surface area is 179 Å². The molecular formula is C24H23N3O4. The highest BCUT2D eigenvalue weighted by Crippen LogP contribution is 2.49. The van der Waals surface area contributed by atoms with E-state index in [0.29, 0.717) is 5.56 Å². The maximum atomic E-state index is 12.8. The molecule has 1 aliphatic heterocycles. The smallest absolute Gasteiger partial charge is 0.343 e. The average Bonchev–Trinajstić information content (AvgIpc) is 3.16. The fraction of sp³-hybridized carbons (Fsp3) is 0.333. The Hall–Kier alpha value is -3.48. The van der Waals surface area contributed by atoms with Crippen molar-refractivity contribution < 1.29 is 14.3 Å². The number of pyridine rings is 1. The van der Waals surface area contributed by atoms with Gasteiger partial charge in [-0.1, -0.05) is 0 Å². The summed E-state index contributed by atoms with van der Waals surface area (Å²) in [6.45, 7) is 1.94. The van der Waals surface area contributed by atoms with Gasteiger partial charge in [-0.15, -0.1) is 0 Å². The molecule has 158 valence electrons. The Balaban J connectivity index is 1.73. The standard InChI is InChI=1S/C24H23N3O4/c1-3-31-23(30)20-13-27-21(9-22(20)29)19-8-16(14-28)18(17-11-25-26(2)12-17)7-15(19)10-24(27)5-4-6-24/h7-9,11-14H,3-6,10H2,1-2H3. The van der Waals surface area contributed by atoms with Crippen LogP contribution in [0.1, 0.15) is 52.5 Å². The van der Waals surface area contributed by atoms with Gasteiger partial charge in [-0.3, -0.25) is 14.3 Å². The summed E-state index contributed by atoms with van der Waals surface area (Å²) in [6.07, 6.45) is 9.97. The van der Waals surface area contributed by atoms with Gasteiger partial charge >= 0.3 is 5.97 Å². The number of hydrogen-bond acceptors (Lipinski definition) is 5. The van der Waals surface area contributed by atoms with Crippen LogP contribution in [0.15, 0.2) is 41.6 Å². The molecule has 2 aromatic heterocycles. The molecule has 31 heavy (non-hydrogen) atoms. The van der Waals surface area contributed by atoms with Crippen LogP contribution in [0.3, 0.4) is 0 Å². The van der Waals surface area contributed by atoms with Crippen molar-refractivity contribution in [2.45, 2.75) is 38.1 Å². The van der Waals surface area contributed by atoms with Crippen LogP contribution in [0.4, 0.5) is 0 Å². The van der Waals surface area contributed by atoms with E-state index in [2.05, 4.69) is 15.7 Å². The van der Waals surface area contributed by atoms with E-state index < -0.39 is 5.97 Å². The van der Waals surface area contributed by atoms with Crippen LogP contribution < -0.4 is 5.43 Å². The Morgan fingerprint density at radius 3 is 2.65 bits per heavy atom. The number of carbonyl (C=O) groups is 2. The zero-order valence-corrected chi connectivity index (χ0v) is 17.6. The fourth-order valence-electron chi connectivity index (χ4n) is 4.89. The van der Waals surface area contributed by atoms with E-state index in [9.17, 15) is 14.4 Å². The number of carbonyl (C=O) groups excluding carboxylic acids is 2. The molecule has 1 fully saturated rings.